The molecular weight excluding hydrogens is 488 g/mol. The lowest BCUT2D eigenvalue weighted by atomic mass is 9.55. The predicted molar refractivity (Wildman–Crippen MR) is 136 cm³/mol. The first-order chi connectivity index (χ1) is 17.6. The Hall–Kier alpha value is -2.00. The fraction of sp³-hybridized carbons (Fsp3) is 0.733. The van der Waals surface area contributed by atoms with Crippen LogP contribution in [0.25, 0.3) is 0 Å². The van der Waals surface area contributed by atoms with E-state index in [1.807, 2.05) is 13.0 Å². The van der Waals surface area contributed by atoms with Crippen LogP contribution in [-0.2, 0) is 23.8 Å². The third-order valence-corrected chi connectivity index (χ3v) is 11.4. The fourth-order valence-corrected chi connectivity index (χ4v) is 9.23. The third-order valence-electron chi connectivity index (χ3n) is 11.4. The minimum Gasteiger partial charge on any atom is -0.458 e. The van der Waals surface area contributed by atoms with Crippen LogP contribution in [0.1, 0.15) is 66.7 Å². The van der Waals surface area contributed by atoms with E-state index in [0.29, 0.717) is 43.3 Å². The summed E-state index contributed by atoms with van der Waals surface area (Å²) < 4.78 is 17.7. The van der Waals surface area contributed by atoms with Gasteiger partial charge in [0.05, 0.1) is 23.2 Å². The molecule has 1 saturated heterocycles. The first kappa shape index (κ1) is 26.2. The van der Waals surface area contributed by atoms with E-state index >= 15 is 0 Å². The molecule has 3 heterocycles. The molecule has 3 aliphatic heterocycles. The van der Waals surface area contributed by atoms with Gasteiger partial charge < -0.3 is 29.5 Å². The standard InChI is InChI=1S/C30H40O8/c1-15-7-8-20(36-24(15)33)17(3)28(34)12-11-27(6)18(16(28)2)14-29(35)21(27)13-19(31)23-26(4,5)37-22(32)9-10-30(23)25(29)38-30/h7,9-10,17-21,23,25,31,34-35H,2,8,11-14H2,1,3-6H3/t17-,18-,19+,20+,21-,23-,25+,27+,28-,29+,30-/m0/s1. The van der Waals surface area contributed by atoms with Crippen LogP contribution in [0.4, 0.5) is 0 Å². The van der Waals surface area contributed by atoms with Crippen molar-refractivity contribution in [2.24, 2.45) is 29.1 Å². The molecule has 0 amide bonds. The summed E-state index contributed by atoms with van der Waals surface area (Å²) >= 11 is 0. The summed E-state index contributed by atoms with van der Waals surface area (Å²) in [6, 6.07) is 0. The summed E-state index contributed by atoms with van der Waals surface area (Å²) in [5, 5.41) is 36.1. The summed E-state index contributed by atoms with van der Waals surface area (Å²) in [6.07, 6.45) is 5.18. The predicted octanol–water partition coefficient (Wildman–Crippen LogP) is 2.75. The molecule has 0 aromatic carbocycles. The lowest BCUT2D eigenvalue weighted by molar-refractivity contribution is -0.163. The number of fused-ring (bicyclic) bond motifs is 4. The molecule has 6 aliphatic rings. The molecule has 3 saturated carbocycles. The second-order valence-electron chi connectivity index (χ2n) is 13.6. The summed E-state index contributed by atoms with van der Waals surface area (Å²) in [7, 11) is 0. The molecule has 3 aliphatic carbocycles. The van der Waals surface area contributed by atoms with Gasteiger partial charge in [-0.15, -0.1) is 0 Å². The number of carbonyl (C=O) groups is 2. The molecule has 0 radical (unpaired) electrons. The number of hydrogen-bond donors (Lipinski definition) is 3. The van der Waals surface area contributed by atoms with Gasteiger partial charge in [0.25, 0.3) is 0 Å². The Morgan fingerprint density at radius 1 is 1.16 bits per heavy atom. The number of carbonyl (C=O) groups excluding carboxylic acids is 2. The van der Waals surface area contributed by atoms with Crippen molar-refractivity contribution >= 4 is 11.9 Å². The van der Waals surface area contributed by atoms with E-state index in [1.54, 1.807) is 26.8 Å². The van der Waals surface area contributed by atoms with Gasteiger partial charge in [0, 0.05) is 24.0 Å². The largest absolute Gasteiger partial charge is 0.458 e. The highest BCUT2D eigenvalue weighted by Gasteiger charge is 2.80. The van der Waals surface area contributed by atoms with Crippen LogP contribution in [-0.4, -0.2) is 68.0 Å². The van der Waals surface area contributed by atoms with E-state index < -0.39 is 58.0 Å². The topological polar surface area (TPSA) is 126 Å². The summed E-state index contributed by atoms with van der Waals surface area (Å²) in [5.74, 6) is -2.28. The monoisotopic (exact) mass is 528 g/mol. The van der Waals surface area contributed by atoms with Gasteiger partial charge in [-0.25, -0.2) is 9.59 Å². The molecule has 0 unspecified atom stereocenters. The van der Waals surface area contributed by atoms with Crippen molar-refractivity contribution in [2.75, 3.05) is 0 Å². The SMILES string of the molecule is C=C1[C@@H]2C[C@]3(O)[C@H]4O[C@]45C=CC(=O)OC(C)(C)[C@@H]5[C@H](O)C[C@H]3[C@]2(C)CC[C@@]1(O)[C@@H](C)[C@H]1CC=C(C)C(=O)O1. The maximum atomic E-state index is 12.4. The second-order valence-corrected chi connectivity index (χ2v) is 13.6. The van der Waals surface area contributed by atoms with Crippen molar-refractivity contribution in [1.82, 2.24) is 0 Å². The van der Waals surface area contributed by atoms with E-state index in [9.17, 15) is 24.9 Å². The van der Waals surface area contributed by atoms with Gasteiger partial charge in [0.1, 0.15) is 23.4 Å². The number of esters is 2. The molecule has 3 N–H and O–H groups in total. The molecule has 4 fully saturated rings. The molecule has 0 aromatic heterocycles. The highest BCUT2D eigenvalue weighted by molar-refractivity contribution is 5.88. The van der Waals surface area contributed by atoms with Crippen LogP contribution >= 0.6 is 0 Å². The number of aliphatic hydroxyl groups excluding tert-OH is 1. The molecule has 38 heavy (non-hydrogen) atoms. The maximum Gasteiger partial charge on any atom is 0.333 e. The normalized spacial score (nSPS) is 51.7. The van der Waals surface area contributed by atoms with Crippen molar-refractivity contribution in [3.05, 3.63) is 36.0 Å². The van der Waals surface area contributed by atoms with Crippen molar-refractivity contribution in [1.29, 1.82) is 0 Å². The minimum atomic E-state index is -1.28. The van der Waals surface area contributed by atoms with Crippen LogP contribution in [0.15, 0.2) is 36.0 Å². The van der Waals surface area contributed by atoms with Gasteiger partial charge >= 0.3 is 11.9 Å². The van der Waals surface area contributed by atoms with Gasteiger partial charge in [-0.05, 0) is 75.4 Å². The van der Waals surface area contributed by atoms with Gasteiger partial charge in [-0.2, -0.15) is 0 Å². The number of ether oxygens (including phenoxy) is 3. The lowest BCUT2D eigenvalue weighted by Gasteiger charge is -2.52. The van der Waals surface area contributed by atoms with Gasteiger partial charge in [0.15, 0.2) is 0 Å². The Kier molecular flexibility index (Phi) is 5.39. The molecule has 6 rings (SSSR count). The zero-order valence-electron chi connectivity index (χ0n) is 22.9. The Morgan fingerprint density at radius 2 is 1.87 bits per heavy atom. The number of aliphatic hydroxyl groups is 3. The Morgan fingerprint density at radius 3 is 2.55 bits per heavy atom. The highest BCUT2D eigenvalue weighted by atomic mass is 16.6. The van der Waals surface area contributed by atoms with Crippen LogP contribution in [0, 0.1) is 29.1 Å². The van der Waals surface area contributed by atoms with E-state index in [1.165, 1.54) is 6.08 Å². The molecular formula is C30H40O8. The van der Waals surface area contributed by atoms with E-state index in [-0.39, 0.29) is 23.7 Å². The van der Waals surface area contributed by atoms with Crippen LogP contribution in [0.5, 0.6) is 0 Å². The first-order valence-corrected chi connectivity index (χ1v) is 13.9. The molecule has 8 heteroatoms. The molecule has 11 atom stereocenters. The zero-order chi connectivity index (χ0) is 27.6. The Balaban J connectivity index is 1.34. The maximum absolute atomic E-state index is 12.4. The Labute approximate surface area is 223 Å². The Bertz CT molecular complexity index is 1170. The molecule has 0 aromatic rings. The molecule has 8 nitrogen and oxygen atoms in total. The number of cyclic esters (lactones) is 2. The average molecular weight is 529 g/mol. The van der Waals surface area contributed by atoms with Crippen molar-refractivity contribution in [3.63, 3.8) is 0 Å². The molecule has 1 spiro atoms. The number of epoxide rings is 1. The average Bonchev–Trinajstić information content (AvgIpc) is 3.54. The van der Waals surface area contributed by atoms with Gasteiger partial charge in [-0.3, -0.25) is 0 Å². The lowest BCUT2D eigenvalue weighted by Crippen LogP contribution is -2.54. The second kappa shape index (κ2) is 7.80. The van der Waals surface area contributed by atoms with Crippen LogP contribution in [0.3, 0.4) is 0 Å². The molecule has 208 valence electrons. The summed E-state index contributed by atoms with van der Waals surface area (Å²) in [5.41, 5.74) is -3.74. The number of hydrogen-bond acceptors (Lipinski definition) is 8. The van der Waals surface area contributed by atoms with Crippen molar-refractivity contribution in [2.45, 2.75) is 107 Å². The summed E-state index contributed by atoms with van der Waals surface area (Å²) in [6.45, 7) is 13.8. The first-order valence-electron chi connectivity index (χ1n) is 13.9. The molecule has 0 bridgehead atoms. The van der Waals surface area contributed by atoms with E-state index in [4.69, 9.17) is 14.2 Å². The van der Waals surface area contributed by atoms with Crippen LogP contribution < -0.4 is 0 Å². The number of rotatable bonds is 2. The minimum absolute atomic E-state index is 0.221. The van der Waals surface area contributed by atoms with Crippen molar-refractivity contribution < 1.29 is 39.1 Å². The van der Waals surface area contributed by atoms with Gasteiger partial charge in [0.2, 0.25) is 0 Å². The van der Waals surface area contributed by atoms with E-state index in [0.717, 1.165) is 0 Å². The quantitative estimate of drug-likeness (QED) is 0.284. The van der Waals surface area contributed by atoms with Crippen LogP contribution in [0.2, 0.25) is 0 Å². The van der Waals surface area contributed by atoms with Gasteiger partial charge in [-0.1, -0.05) is 26.5 Å². The third kappa shape index (κ3) is 3.23. The van der Waals surface area contributed by atoms with Crippen molar-refractivity contribution in [3.8, 4) is 0 Å². The van der Waals surface area contributed by atoms with E-state index in [2.05, 4.69) is 13.5 Å². The fourth-order valence-electron chi connectivity index (χ4n) is 9.23. The zero-order valence-corrected chi connectivity index (χ0v) is 22.9. The summed E-state index contributed by atoms with van der Waals surface area (Å²) in [4.78, 5) is 24.6. The smallest absolute Gasteiger partial charge is 0.333 e. The highest BCUT2D eigenvalue weighted by Crippen LogP contribution is 2.72.